The predicted octanol–water partition coefficient (Wildman–Crippen LogP) is 3.28. The van der Waals surface area contributed by atoms with E-state index < -0.39 is 0 Å². The topological polar surface area (TPSA) is 41.9 Å². The van der Waals surface area contributed by atoms with E-state index in [9.17, 15) is 0 Å². The van der Waals surface area contributed by atoms with Gasteiger partial charge in [0.2, 0.25) is 0 Å². The minimum absolute atomic E-state index is 0.726. The van der Waals surface area contributed by atoms with Crippen LogP contribution in [0.25, 0.3) is 11.0 Å². The van der Waals surface area contributed by atoms with E-state index >= 15 is 0 Å². The Morgan fingerprint density at radius 2 is 1.90 bits per heavy atom. The summed E-state index contributed by atoms with van der Waals surface area (Å²) in [6, 6.07) is 12.2. The quantitative estimate of drug-likeness (QED) is 0.737. The van der Waals surface area contributed by atoms with E-state index in [2.05, 4.69) is 38.9 Å². The molecule has 0 unspecified atom stereocenters. The first-order valence-electron chi connectivity index (χ1n) is 6.99. The second-order valence-corrected chi connectivity index (χ2v) is 5.30. The molecule has 0 spiro atoms. The van der Waals surface area contributed by atoms with E-state index in [4.69, 9.17) is 0 Å². The lowest BCUT2D eigenvalue weighted by molar-refractivity contribution is 0.868. The highest BCUT2D eigenvalue weighted by atomic mass is 15.2. The molecule has 4 heteroatoms. The van der Waals surface area contributed by atoms with Gasteiger partial charge in [0.05, 0.1) is 12.2 Å². The van der Waals surface area contributed by atoms with E-state index in [0.29, 0.717) is 0 Å². The Balaban J connectivity index is 1.93. The van der Waals surface area contributed by atoms with Gasteiger partial charge in [-0.25, -0.2) is 9.97 Å². The molecule has 0 aromatic carbocycles. The molecular weight excluding hydrogens is 260 g/mol. The van der Waals surface area contributed by atoms with Gasteiger partial charge >= 0.3 is 0 Å². The SMILES string of the molecule is Cc1cc(C)c2ccc(N(C)Cc3ccccn3)nc2n1. The third-order valence-electron chi connectivity index (χ3n) is 3.51. The van der Waals surface area contributed by atoms with E-state index in [-0.39, 0.29) is 0 Å². The molecule has 0 saturated carbocycles. The van der Waals surface area contributed by atoms with Crippen LogP contribution in [-0.2, 0) is 6.54 Å². The average molecular weight is 278 g/mol. The van der Waals surface area contributed by atoms with Crippen LogP contribution in [0.2, 0.25) is 0 Å². The summed E-state index contributed by atoms with van der Waals surface area (Å²) in [6.07, 6.45) is 1.81. The monoisotopic (exact) mass is 278 g/mol. The van der Waals surface area contributed by atoms with Gasteiger partial charge in [-0.2, -0.15) is 0 Å². The molecule has 21 heavy (non-hydrogen) atoms. The Kier molecular flexibility index (Phi) is 3.52. The summed E-state index contributed by atoms with van der Waals surface area (Å²) in [7, 11) is 2.02. The average Bonchev–Trinajstić information content (AvgIpc) is 2.47. The Labute approximate surface area is 124 Å². The molecule has 3 rings (SSSR count). The molecule has 0 radical (unpaired) electrons. The van der Waals surface area contributed by atoms with Crippen molar-refractivity contribution in [2.24, 2.45) is 0 Å². The highest BCUT2D eigenvalue weighted by Crippen LogP contribution is 2.20. The summed E-state index contributed by atoms with van der Waals surface area (Å²) in [4.78, 5) is 15.6. The van der Waals surface area contributed by atoms with Gasteiger partial charge < -0.3 is 4.90 Å². The number of hydrogen-bond acceptors (Lipinski definition) is 4. The zero-order valence-electron chi connectivity index (χ0n) is 12.5. The fourth-order valence-electron chi connectivity index (χ4n) is 2.45. The summed E-state index contributed by atoms with van der Waals surface area (Å²) in [5, 5.41) is 1.11. The van der Waals surface area contributed by atoms with Crippen LogP contribution in [0.15, 0.2) is 42.6 Å². The molecule has 3 aromatic rings. The number of pyridine rings is 3. The van der Waals surface area contributed by atoms with E-state index in [1.807, 2.05) is 44.4 Å². The maximum atomic E-state index is 4.68. The first-order valence-corrected chi connectivity index (χ1v) is 6.99. The molecule has 4 nitrogen and oxygen atoms in total. The summed E-state index contributed by atoms with van der Waals surface area (Å²) in [6.45, 7) is 4.82. The minimum Gasteiger partial charge on any atom is -0.354 e. The largest absolute Gasteiger partial charge is 0.354 e. The Hall–Kier alpha value is -2.49. The van der Waals surface area contributed by atoms with Crippen molar-refractivity contribution in [1.82, 2.24) is 15.0 Å². The first kappa shape index (κ1) is 13.5. The van der Waals surface area contributed by atoms with Gasteiger partial charge in [0.1, 0.15) is 5.82 Å². The Morgan fingerprint density at radius 1 is 1.05 bits per heavy atom. The first-order chi connectivity index (χ1) is 10.1. The maximum absolute atomic E-state index is 4.68. The van der Waals surface area contributed by atoms with Crippen LogP contribution in [0, 0.1) is 13.8 Å². The van der Waals surface area contributed by atoms with Crippen molar-refractivity contribution in [3.63, 3.8) is 0 Å². The van der Waals surface area contributed by atoms with Gasteiger partial charge in [0.25, 0.3) is 0 Å². The fraction of sp³-hybridized carbons (Fsp3) is 0.235. The van der Waals surface area contributed by atoms with Crippen LogP contribution in [-0.4, -0.2) is 22.0 Å². The number of fused-ring (bicyclic) bond motifs is 1. The summed E-state index contributed by atoms with van der Waals surface area (Å²) in [5.41, 5.74) is 4.04. The van der Waals surface area contributed by atoms with Gasteiger partial charge in [-0.05, 0) is 49.7 Å². The smallest absolute Gasteiger partial charge is 0.162 e. The van der Waals surface area contributed by atoms with Gasteiger partial charge in [-0.3, -0.25) is 4.98 Å². The number of hydrogen-bond donors (Lipinski definition) is 0. The maximum Gasteiger partial charge on any atom is 0.162 e. The minimum atomic E-state index is 0.726. The summed E-state index contributed by atoms with van der Waals surface area (Å²) < 4.78 is 0. The molecule has 0 saturated heterocycles. The molecule has 0 fully saturated rings. The molecule has 0 aliphatic carbocycles. The lowest BCUT2D eigenvalue weighted by Crippen LogP contribution is -2.18. The van der Waals surface area contributed by atoms with Crippen LogP contribution >= 0.6 is 0 Å². The highest BCUT2D eigenvalue weighted by molar-refractivity contribution is 5.80. The number of nitrogens with zero attached hydrogens (tertiary/aromatic N) is 4. The molecule has 0 bridgehead atoms. The van der Waals surface area contributed by atoms with Gasteiger partial charge in [-0.15, -0.1) is 0 Å². The number of anilines is 1. The predicted molar refractivity (Wildman–Crippen MR) is 85.4 cm³/mol. The molecule has 0 N–H and O–H groups in total. The summed E-state index contributed by atoms with van der Waals surface area (Å²) in [5.74, 6) is 0.908. The van der Waals surface area contributed by atoms with E-state index in [1.54, 1.807) is 0 Å². The summed E-state index contributed by atoms with van der Waals surface area (Å²) >= 11 is 0. The molecule has 106 valence electrons. The van der Waals surface area contributed by atoms with Crippen molar-refractivity contribution in [3.05, 3.63) is 59.5 Å². The van der Waals surface area contributed by atoms with Crippen molar-refractivity contribution in [3.8, 4) is 0 Å². The van der Waals surface area contributed by atoms with Gasteiger partial charge in [0, 0.05) is 24.3 Å². The second kappa shape index (κ2) is 5.48. The highest BCUT2D eigenvalue weighted by Gasteiger charge is 2.08. The Bertz CT molecular complexity index is 768. The zero-order chi connectivity index (χ0) is 14.8. The van der Waals surface area contributed by atoms with Crippen molar-refractivity contribution in [2.75, 3.05) is 11.9 Å². The molecule has 3 aromatic heterocycles. The van der Waals surface area contributed by atoms with Crippen molar-refractivity contribution >= 4 is 16.9 Å². The molecular formula is C17H18N4. The lowest BCUT2D eigenvalue weighted by Gasteiger charge is -2.18. The van der Waals surface area contributed by atoms with Crippen LogP contribution in [0.5, 0.6) is 0 Å². The molecule has 0 aliphatic rings. The Morgan fingerprint density at radius 3 is 2.67 bits per heavy atom. The third kappa shape index (κ3) is 2.84. The molecule has 0 aliphatic heterocycles. The third-order valence-corrected chi connectivity index (χ3v) is 3.51. The van der Waals surface area contributed by atoms with E-state index in [0.717, 1.165) is 34.8 Å². The van der Waals surface area contributed by atoms with Crippen LogP contribution in [0.1, 0.15) is 17.0 Å². The van der Waals surface area contributed by atoms with Crippen molar-refractivity contribution < 1.29 is 0 Å². The fourth-order valence-corrected chi connectivity index (χ4v) is 2.45. The van der Waals surface area contributed by atoms with Crippen LogP contribution < -0.4 is 4.90 Å². The van der Waals surface area contributed by atoms with Crippen LogP contribution in [0.4, 0.5) is 5.82 Å². The van der Waals surface area contributed by atoms with Crippen molar-refractivity contribution in [1.29, 1.82) is 0 Å². The molecule has 0 atom stereocenters. The standard InChI is InChI=1S/C17H18N4/c1-12-10-13(2)19-17-15(12)7-8-16(20-17)21(3)11-14-6-4-5-9-18-14/h4-10H,11H2,1-3H3. The van der Waals surface area contributed by atoms with E-state index in [1.165, 1.54) is 5.56 Å². The van der Waals surface area contributed by atoms with Gasteiger partial charge in [-0.1, -0.05) is 6.07 Å². The van der Waals surface area contributed by atoms with Crippen molar-refractivity contribution in [2.45, 2.75) is 20.4 Å². The van der Waals surface area contributed by atoms with Crippen LogP contribution in [0.3, 0.4) is 0 Å². The van der Waals surface area contributed by atoms with Gasteiger partial charge in [0.15, 0.2) is 5.65 Å². The zero-order valence-corrected chi connectivity index (χ0v) is 12.5. The normalized spacial score (nSPS) is 10.8. The lowest BCUT2D eigenvalue weighted by atomic mass is 10.1. The molecule has 3 heterocycles. The number of aromatic nitrogens is 3. The molecule has 0 amide bonds. The number of rotatable bonds is 3. The second-order valence-electron chi connectivity index (χ2n) is 5.30. The number of aryl methyl sites for hydroxylation is 2.